The number of carbonyl (C=O) groups excluding carboxylic acids is 1. The van der Waals surface area contributed by atoms with E-state index in [4.69, 9.17) is 19.2 Å². The van der Waals surface area contributed by atoms with Gasteiger partial charge in [-0.25, -0.2) is 4.98 Å². The van der Waals surface area contributed by atoms with E-state index in [0.29, 0.717) is 22.8 Å². The van der Waals surface area contributed by atoms with Gasteiger partial charge in [0.05, 0.1) is 37.6 Å². The van der Waals surface area contributed by atoms with Crippen molar-refractivity contribution in [2.45, 2.75) is 13.0 Å². The van der Waals surface area contributed by atoms with Crippen molar-refractivity contribution in [2.75, 3.05) is 42.0 Å². The highest BCUT2D eigenvalue weighted by Crippen LogP contribution is 2.39. The van der Waals surface area contributed by atoms with Crippen LogP contribution in [0.25, 0.3) is 15.8 Å². The molecule has 2 heterocycles. The number of likely N-dealkylation sites (N-methyl/N-ethyl adjacent to an activating group) is 1. The highest BCUT2D eigenvalue weighted by atomic mass is 32.1. The number of amides is 1. The van der Waals surface area contributed by atoms with E-state index in [0.717, 1.165) is 32.9 Å². The number of aromatic nitrogens is 2. The van der Waals surface area contributed by atoms with Crippen molar-refractivity contribution in [3.05, 3.63) is 58.9 Å². The number of benzene rings is 1. The van der Waals surface area contributed by atoms with E-state index >= 15 is 0 Å². The highest BCUT2D eigenvalue weighted by molar-refractivity contribution is 7.19. The van der Waals surface area contributed by atoms with Gasteiger partial charge in [0.2, 0.25) is 5.75 Å². The third-order valence-corrected chi connectivity index (χ3v) is 6.98. The van der Waals surface area contributed by atoms with E-state index in [1.54, 1.807) is 29.7 Å². The molecule has 9 heteroatoms. The number of nitrogens with one attached hydrogen (secondary N) is 1. The zero-order valence-corrected chi connectivity index (χ0v) is 21.6. The van der Waals surface area contributed by atoms with Gasteiger partial charge in [-0.1, -0.05) is 19.1 Å². The Kier molecular flexibility index (Phi) is 7.37. The first-order valence-corrected chi connectivity index (χ1v) is 12.0. The molecule has 1 aromatic carbocycles. The van der Waals surface area contributed by atoms with Gasteiger partial charge in [0.1, 0.15) is 5.01 Å². The lowest BCUT2D eigenvalue weighted by atomic mass is 9.85. The summed E-state index contributed by atoms with van der Waals surface area (Å²) < 4.78 is 17.3. The van der Waals surface area contributed by atoms with Crippen LogP contribution in [0.5, 0.6) is 17.2 Å². The van der Waals surface area contributed by atoms with Crippen LogP contribution in [0.2, 0.25) is 0 Å². The Morgan fingerprint density at radius 2 is 1.86 bits per heavy atom. The number of hydrogen-bond acceptors (Lipinski definition) is 8. The van der Waals surface area contributed by atoms with Gasteiger partial charge in [-0.3, -0.25) is 9.78 Å². The second kappa shape index (κ2) is 10.5. The van der Waals surface area contributed by atoms with Crippen molar-refractivity contribution in [3.8, 4) is 17.2 Å². The fourth-order valence-electron chi connectivity index (χ4n) is 4.18. The molecular formula is C26H30N4O4S. The van der Waals surface area contributed by atoms with Crippen LogP contribution >= 0.6 is 11.3 Å². The Balaban J connectivity index is 1.66. The van der Waals surface area contributed by atoms with Crippen LogP contribution in [0.4, 0.5) is 0 Å². The van der Waals surface area contributed by atoms with E-state index in [-0.39, 0.29) is 17.9 Å². The summed E-state index contributed by atoms with van der Waals surface area (Å²) in [6.45, 7) is 2.86. The molecule has 0 saturated carbocycles. The summed E-state index contributed by atoms with van der Waals surface area (Å²) in [5.41, 5.74) is 3.57. The first-order valence-electron chi connectivity index (χ1n) is 11.2. The molecule has 8 nitrogen and oxygen atoms in total. The Morgan fingerprint density at radius 1 is 1.14 bits per heavy atom. The summed E-state index contributed by atoms with van der Waals surface area (Å²) in [4.78, 5) is 24.5. The fourth-order valence-corrected chi connectivity index (χ4v) is 5.23. The van der Waals surface area contributed by atoms with E-state index in [1.165, 1.54) is 21.3 Å². The molecule has 1 N–H and O–H groups in total. The summed E-state index contributed by atoms with van der Waals surface area (Å²) in [6.07, 6.45) is 7.91. The summed E-state index contributed by atoms with van der Waals surface area (Å²) >= 11 is 1.62. The van der Waals surface area contributed by atoms with Crippen LogP contribution in [0, 0.1) is 5.92 Å². The second-order valence-electron chi connectivity index (χ2n) is 8.64. The number of carbonyl (C=O) groups is 1. The summed E-state index contributed by atoms with van der Waals surface area (Å²) in [5.74, 6) is 1.10. The Hall–Kier alpha value is -3.43. The molecule has 0 fully saturated rings. The molecular weight excluding hydrogens is 464 g/mol. The monoisotopic (exact) mass is 494 g/mol. The Morgan fingerprint density at radius 3 is 2.46 bits per heavy atom. The first kappa shape index (κ1) is 24.7. The van der Waals surface area contributed by atoms with Crippen molar-refractivity contribution < 1.29 is 19.0 Å². The van der Waals surface area contributed by atoms with Gasteiger partial charge < -0.3 is 24.4 Å². The third kappa shape index (κ3) is 5.16. The molecule has 35 heavy (non-hydrogen) atoms. The van der Waals surface area contributed by atoms with Crippen LogP contribution in [-0.2, 0) is 0 Å². The van der Waals surface area contributed by atoms with E-state index in [9.17, 15) is 4.79 Å². The average molecular weight is 495 g/mol. The Bertz CT molecular complexity index is 1240. The average Bonchev–Trinajstić information content (AvgIpc) is 3.28. The highest BCUT2D eigenvalue weighted by Gasteiger charge is 2.29. The van der Waals surface area contributed by atoms with E-state index in [2.05, 4.69) is 34.3 Å². The zero-order chi connectivity index (χ0) is 25.1. The van der Waals surface area contributed by atoms with Crippen molar-refractivity contribution in [2.24, 2.45) is 5.92 Å². The van der Waals surface area contributed by atoms with Gasteiger partial charge in [-0.2, -0.15) is 0 Å². The van der Waals surface area contributed by atoms with Crippen molar-refractivity contribution in [1.82, 2.24) is 20.2 Å². The number of methoxy groups -OCH3 is 3. The number of ether oxygens (including phenoxy) is 3. The van der Waals surface area contributed by atoms with Crippen molar-refractivity contribution >= 4 is 33.0 Å². The smallest absolute Gasteiger partial charge is 0.252 e. The third-order valence-electron chi connectivity index (χ3n) is 5.93. The normalized spacial score (nSPS) is 17.7. The lowest BCUT2D eigenvalue weighted by Crippen LogP contribution is -2.40. The molecule has 1 aliphatic rings. The van der Waals surface area contributed by atoms with Gasteiger partial charge >= 0.3 is 0 Å². The molecule has 2 unspecified atom stereocenters. The number of nitrogens with zero attached hydrogens (tertiary/aromatic N) is 3. The van der Waals surface area contributed by atoms with Crippen LogP contribution < -0.4 is 19.5 Å². The van der Waals surface area contributed by atoms with Crippen LogP contribution in [0.3, 0.4) is 0 Å². The minimum Gasteiger partial charge on any atom is -0.493 e. The molecule has 1 amide bonds. The summed E-state index contributed by atoms with van der Waals surface area (Å²) in [5, 5.41) is 4.14. The maximum absolute atomic E-state index is 13.4. The molecule has 0 spiro atoms. The molecule has 2 aromatic heterocycles. The van der Waals surface area contributed by atoms with Gasteiger partial charge in [0.15, 0.2) is 11.5 Å². The predicted molar refractivity (Wildman–Crippen MR) is 139 cm³/mol. The maximum Gasteiger partial charge on any atom is 0.252 e. The minimum atomic E-state index is -0.226. The van der Waals surface area contributed by atoms with E-state index < -0.39 is 0 Å². The topological polar surface area (TPSA) is 85.8 Å². The molecule has 0 radical (unpaired) electrons. The number of hydrogen-bond donors (Lipinski definition) is 1. The maximum atomic E-state index is 13.4. The summed E-state index contributed by atoms with van der Waals surface area (Å²) in [6, 6.07) is 5.02. The van der Waals surface area contributed by atoms with Gasteiger partial charge in [-0.15, -0.1) is 11.3 Å². The number of pyridine rings is 1. The predicted octanol–water partition coefficient (Wildman–Crippen LogP) is 4.04. The minimum absolute atomic E-state index is 0.0143. The molecule has 184 valence electrons. The van der Waals surface area contributed by atoms with Gasteiger partial charge in [0, 0.05) is 30.4 Å². The SMILES string of the molecule is COc1cc(C(=O)NC2C=C(CN(C)C)C=C(c3nc4ccncc4s3)C2C)cc(OC)c1OC. The zero-order valence-electron chi connectivity index (χ0n) is 20.8. The number of thiazole rings is 1. The number of rotatable bonds is 8. The summed E-state index contributed by atoms with van der Waals surface area (Å²) in [7, 11) is 8.65. The van der Waals surface area contributed by atoms with Gasteiger partial charge in [0.25, 0.3) is 5.91 Å². The second-order valence-corrected chi connectivity index (χ2v) is 9.67. The van der Waals surface area contributed by atoms with Crippen molar-refractivity contribution in [3.63, 3.8) is 0 Å². The largest absolute Gasteiger partial charge is 0.493 e. The molecule has 3 aromatic rings. The van der Waals surface area contributed by atoms with E-state index in [1.807, 2.05) is 26.4 Å². The van der Waals surface area contributed by atoms with Crippen molar-refractivity contribution in [1.29, 1.82) is 0 Å². The lowest BCUT2D eigenvalue weighted by molar-refractivity contribution is 0.0938. The fraction of sp³-hybridized carbons (Fsp3) is 0.346. The van der Waals surface area contributed by atoms with Crippen LogP contribution in [-0.4, -0.2) is 68.8 Å². The molecule has 0 saturated heterocycles. The number of fused-ring (bicyclic) bond motifs is 1. The van der Waals surface area contributed by atoms with Crippen LogP contribution in [0.15, 0.2) is 48.3 Å². The molecule has 0 bridgehead atoms. The van der Waals surface area contributed by atoms with Gasteiger partial charge in [-0.05, 0) is 43.4 Å². The molecule has 1 aliphatic carbocycles. The molecule has 2 atom stereocenters. The molecule has 4 rings (SSSR count). The Labute approximate surface area is 209 Å². The standard InChI is InChI=1S/C26H30N4O4S/c1-15-18(26-29-19-7-8-27-13-23(19)35-26)9-16(14-30(2)3)10-20(15)28-25(31)17-11-21(32-4)24(34-6)22(12-17)33-5/h7-13,15,20H,14H2,1-6H3,(H,28,31). The quantitative estimate of drug-likeness (QED) is 0.506. The van der Waals surface area contributed by atoms with Crippen LogP contribution in [0.1, 0.15) is 22.3 Å². The first-order chi connectivity index (χ1) is 16.8. The lowest BCUT2D eigenvalue weighted by Gasteiger charge is -2.29. The molecule has 0 aliphatic heterocycles.